The molecule has 1 aromatic rings. The van der Waals surface area contributed by atoms with Crippen LogP contribution in [0.4, 0.5) is 14.9 Å². The van der Waals surface area contributed by atoms with Crippen LogP contribution in [0, 0.1) is 5.82 Å². The number of likely N-dealkylation sites (tertiary alicyclic amines) is 1. The SMILES string of the molecule is C[C@H]1C[C@]2(CCN1C(=O)O)CNS(=O)(=O)N2c1cccc(F)c1. The van der Waals surface area contributed by atoms with Crippen LogP contribution >= 0.6 is 0 Å². The standard InChI is InChI=1S/C14H18FN3O4S/c1-10-8-14(5-6-17(10)13(19)20)9-16-23(21,22)18(14)12-4-2-3-11(15)7-12/h2-4,7,10,16H,5-6,8-9H2,1H3,(H,19,20)/t10-,14+/m0/s1. The number of carboxylic acid groups (broad SMARTS) is 1. The fourth-order valence-corrected chi connectivity index (χ4v) is 5.28. The Labute approximate surface area is 133 Å². The molecule has 0 unspecified atom stereocenters. The van der Waals surface area contributed by atoms with Crippen molar-refractivity contribution in [3.63, 3.8) is 0 Å². The molecule has 0 radical (unpaired) electrons. The zero-order valence-electron chi connectivity index (χ0n) is 12.6. The minimum absolute atomic E-state index is 0.184. The summed E-state index contributed by atoms with van der Waals surface area (Å²) < 4.78 is 42.1. The predicted molar refractivity (Wildman–Crippen MR) is 82.0 cm³/mol. The number of hydrogen-bond acceptors (Lipinski definition) is 3. The Hall–Kier alpha value is -1.87. The number of carbonyl (C=O) groups is 1. The zero-order valence-corrected chi connectivity index (χ0v) is 13.4. The quantitative estimate of drug-likeness (QED) is 0.806. The fraction of sp³-hybridized carbons (Fsp3) is 0.500. The molecule has 2 heterocycles. The highest BCUT2D eigenvalue weighted by Gasteiger charge is 2.53. The lowest BCUT2D eigenvalue weighted by Crippen LogP contribution is -2.58. The molecule has 2 saturated heterocycles. The van der Waals surface area contributed by atoms with Crippen molar-refractivity contribution in [2.45, 2.75) is 31.3 Å². The van der Waals surface area contributed by atoms with E-state index in [-0.39, 0.29) is 24.8 Å². The molecule has 126 valence electrons. The van der Waals surface area contributed by atoms with E-state index < -0.39 is 27.7 Å². The Morgan fingerprint density at radius 3 is 2.83 bits per heavy atom. The van der Waals surface area contributed by atoms with E-state index in [0.717, 1.165) is 0 Å². The lowest BCUT2D eigenvalue weighted by Gasteiger charge is -2.46. The maximum Gasteiger partial charge on any atom is 0.407 e. The summed E-state index contributed by atoms with van der Waals surface area (Å²) >= 11 is 0. The third-order valence-electron chi connectivity index (χ3n) is 4.57. The summed E-state index contributed by atoms with van der Waals surface area (Å²) in [5.41, 5.74) is -0.524. The van der Waals surface area contributed by atoms with Gasteiger partial charge < -0.3 is 10.0 Å². The highest BCUT2D eigenvalue weighted by atomic mass is 32.2. The highest BCUT2D eigenvalue weighted by molar-refractivity contribution is 7.91. The van der Waals surface area contributed by atoms with Gasteiger partial charge in [0.2, 0.25) is 0 Å². The average Bonchev–Trinajstić information content (AvgIpc) is 2.69. The largest absolute Gasteiger partial charge is 0.465 e. The third kappa shape index (κ3) is 2.63. The molecular weight excluding hydrogens is 325 g/mol. The van der Waals surface area contributed by atoms with Crippen LogP contribution in [0.1, 0.15) is 19.8 Å². The first kappa shape index (κ1) is 16.0. The van der Waals surface area contributed by atoms with Crippen LogP contribution in [0.25, 0.3) is 0 Å². The van der Waals surface area contributed by atoms with Crippen LogP contribution in [0.5, 0.6) is 0 Å². The van der Waals surface area contributed by atoms with Gasteiger partial charge in [0, 0.05) is 19.1 Å². The molecule has 2 atom stereocenters. The second kappa shape index (κ2) is 5.34. The summed E-state index contributed by atoms with van der Waals surface area (Å²) in [6.07, 6.45) is -0.313. The topological polar surface area (TPSA) is 90.0 Å². The molecule has 0 aromatic heterocycles. The van der Waals surface area contributed by atoms with Gasteiger partial charge in [0.25, 0.3) is 0 Å². The van der Waals surface area contributed by atoms with Crippen molar-refractivity contribution >= 4 is 22.0 Å². The van der Waals surface area contributed by atoms with E-state index in [1.807, 2.05) is 0 Å². The van der Waals surface area contributed by atoms with Crippen molar-refractivity contribution in [2.75, 3.05) is 17.4 Å². The van der Waals surface area contributed by atoms with Gasteiger partial charge in [-0.15, -0.1) is 0 Å². The number of anilines is 1. The van der Waals surface area contributed by atoms with E-state index in [2.05, 4.69) is 4.72 Å². The molecule has 1 aromatic carbocycles. The molecule has 2 aliphatic heterocycles. The van der Waals surface area contributed by atoms with Crippen molar-refractivity contribution in [1.29, 1.82) is 0 Å². The summed E-state index contributed by atoms with van der Waals surface area (Å²) in [6.45, 7) is 2.17. The van der Waals surface area contributed by atoms with Crippen molar-refractivity contribution in [2.24, 2.45) is 0 Å². The molecule has 1 amide bonds. The second-order valence-electron chi connectivity index (χ2n) is 6.07. The zero-order chi connectivity index (χ0) is 16.8. The van der Waals surface area contributed by atoms with Crippen molar-refractivity contribution in [1.82, 2.24) is 9.62 Å². The average molecular weight is 343 g/mol. The van der Waals surface area contributed by atoms with Crippen molar-refractivity contribution in [3.8, 4) is 0 Å². The number of amides is 1. The van der Waals surface area contributed by atoms with Crippen LogP contribution in [0.15, 0.2) is 24.3 Å². The Kier molecular flexibility index (Phi) is 3.72. The number of halogens is 1. The number of piperidine rings is 1. The lowest BCUT2D eigenvalue weighted by atomic mass is 9.83. The Morgan fingerprint density at radius 2 is 2.22 bits per heavy atom. The van der Waals surface area contributed by atoms with Gasteiger partial charge in [-0.25, -0.2) is 9.18 Å². The summed E-state index contributed by atoms with van der Waals surface area (Å²) in [7, 11) is -3.78. The van der Waals surface area contributed by atoms with E-state index in [4.69, 9.17) is 0 Å². The maximum atomic E-state index is 13.5. The van der Waals surface area contributed by atoms with Crippen LogP contribution in [-0.4, -0.2) is 49.2 Å². The predicted octanol–water partition coefficient (Wildman–Crippen LogP) is 1.38. The van der Waals surface area contributed by atoms with Gasteiger partial charge in [0.1, 0.15) is 5.82 Å². The summed E-state index contributed by atoms with van der Waals surface area (Å²) in [5.74, 6) is -0.518. The molecule has 2 N–H and O–H groups in total. The van der Waals surface area contributed by atoms with Crippen LogP contribution in [0.3, 0.4) is 0 Å². The van der Waals surface area contributed by atoms with Crippen LogP contribution < -0.4 is 9.03 Å². The van der Waals surface area contributed by atoms with Gasteiger partial charge >= 0.3 is 16.3 Å². The maximum absolute atomic E-state index is 13.5. The minimum Gasteiger partial charge on any atom is -0.465 e. The van der Waals surface area contributed by atoms with E-state index in [1.54, 1.807) is 13.0 Å². The first-order valence-corrected chi connectivity index (χ1v) is 8.74. The minimum atomic E-state index is -3.78. The number of rotatable bonds is 1. The van der Waals surface area contributed by atoms with Crippen LogP contribution in [-0.2, 0) is 10.2 Å². The first-order chi connectivity index (χ1) is 10.8. The second-order valence-corrected chi connectivity index (χ2v) is 7.68. The molecule has 9 heteroatoms. The van der Waals surface area contributed by atoms with Gasteiger partial charge in [-0.1, -0.05) is 6.07 Å². The van der Waals surface area contributed by atoms with Gasteiger partial charge in [-0.2, -0.15) is 13.1 Å². The Morgan fingerprint density at radius 1 is 1.48 bits per heavy atom. The number of nitrogens with zero attached hydrogens (tertiary/aromatic N) is 2. The fourth-order valence-electron chi connectivity index (χ4n) is 3.57. The van der Waals surface area contributed by atoms with E-state index in [1.165, 1.54) is 27.4 Å². The smallest absolute Gasteiger partial charge is 0.407 e. The molecule has 3 rings (SSSR count). The monoisotopic (exact) mass is 343 g/mol. The summed E-state index contributed by atoms with van der Waals surface area (Å²) in [6, 6.07) is 5.11. The number of nitrogens with one attached hydrogen (secondary N) is 1. The molecule has 0 saturated carbocycles. The van der Waals surface area contributed by atoms with Gasteiger partial charge in [0.15, 0.2) is 0 Å². The van der Waals surface area contributed by atoms with E-state index >= 15 is 0 Å². The lowest BCUT2D eigenvalue weighted by molar-refractivity contribution is 0.0915. The Balaban J connectivity index is 2.00. The summed E-state index contributed by atoms with van der Waals surface area (Å²) in [4.78, 5) is 12.5. The van der Waals surface area contributed by atoms with E-state index in [0.29, 0.717) is 12.8 Å². The summed E-state index contributed by atoms with van der Waals surface area (Å²) in [5, 5.41) is 9.19. The van der Waals surface area contributed by atoms with Gasteiger partial charge in [-0.05, 0) is 38.0 Å². The first-order valence-electron chi connectivity index (χ1n) is 7.30. The van der Waals surface area contributed by atoms with E-state index in [9.17, 15) is 22.7 Å². The molecule has 0 bridgehead atoms. The van der Waals surface area contributed by atoms with Crippen LogP contribution in [0.2, 0.25) is 0 Å². The third-order valence-corrected chi connectivity index (χ3v) is 6.16. The number of benzene rings is 1. The van der Waals surface area contributed by atoms with Gasteiger partial charge in [-0.3, -0.25) is 4.31 Å². The molecule has 2 fully saturated rings. The molecule has 0 aliphatic carbocycles. The van der Waals surface area contributed by atoms with Crippen molar-refractivity contribution < 1.29 is 22.7 Å². The Bertz CT molecular complexity index is 741. The normalized spacial score (nSPS) is 29.9. The van der Waals surface area contributed by atoms with Crippen molar-refractivity contribution in [3.05, 3.63) is 30.1 Å². The molecule has 2 aliphatic rings. The molecule has 1 spiro atoms. The highest BCUT2D eigenvalue weighted by Crippen LogP contribution is 2.40. The van der Waals surface area contributed by atoms with Gasteiger partial charge in [0.05, 0.1) is 11.2 Å². The molecule has 23 heavy (non-hydrogen) atoms. The molecule has 7 nitrogen and oxygen atoms in total. The number of hydrogen-bond donors (Lipinski definition) is 2. The molecular formula is C14H18FN3O4S.